The molecule has 0 radical (unpaired) electrons. The number of carbonyl (C=O) groups excluding carboxylic acids is 5. The molecule has 4 rings (SSSR count). The summed E-state index contributed by atoms with van der Waals surface area (Å²) in [6.45, 7) is 10.2. The number of piperazine rings is 1. The maximum Gasteiger partial charge on any atom is 0.410 e. The largest absolute Gasteiger partial charge is 0.494 e. The molecule has 2 aromatic rings. The van der Waals surface area contributed by atoms with Crippen LogP contribution in [0.3, 0.4) is 0 Å². The Morgan fingerprint density at radius 1 is 1.05 bits per heavy atom. The van der Waals surface area contributed by atoms with Crippen molar-refractivity contribution < 1.29 is 33.4 Å². The maximum atomic E-state index is 13.0. The van der Waals surface area contributed by atoms with Gasteiger partial charge in [-0.3, -0.25) is 29.4 Å². The second kappa shape index (κ2) is 13.7. The van der Waals surface area contributed by atoms with E-state index in [1.54, 1.807) is 30.0 Å². The van der Waals surface area contributed by atoms with Crippen LogP contribution in [0.15, 0.2) is 36.5 Å². The zero-order valence-electron chi connectivity index (χ0n) is 25.1. The lowest BCUT2D eigenvalue weighted by molar-refractivity contribution is -0.125. The molecule has 1 unspecified atom stereocenters. The van der Waals surface area contributed by atoms with Gasteiger partial charge in [0.1, 0.15) is 17.2 Å². The van der Waals surface area contributed by atoms with Gasteiger partial charge in [0.25, 0.3) is 11.8 Å². The number of carbonyl (C=O) groups is 5. The van der Waals surface area contributed by atoms with Gasteiger partial charge in [-0.05, 0) is 76.8 Å². The molecule has 5 amide bonds. The highest BCUT2D eigenvalue weighted by molar-refractivity contribution is 6.21. The molecule has 12 heteroatoms. The van der Waals surface area contributed by atoms with Gasteiger partial charge in [-0.15, -0.1) is 0 Å². The quantitative estimate of drug-likeness (QED) is 0.236. The van der Waals surface area contributed by atoms with E-state index < -0.39 is 29.4 Å². The van der Waals surface area contributed by atoms with Gasteiger partial charge in [-0.2, -0.15) is 0 Å². The molecule has 2 aliphatic rings. The summed E-state index contributed by atoms with van der Waals surface area (Å²) < 4.78 is 11.3. The van der Waals surface area contributed by atoms with Crippen molar-refractivity contribution in [2.45, 2.75) is 65.0 Å². The number of rotatable bonds is 11. The molecule has 1 atom stereocenters. The van der Waals surface area contributed by atoms with Crippen LogP contribution >= 0.6 is 0 Å². The van der Waals surface area contributed by atoms with Crippen molar-refractivity contribution in [3.8, 4) is 5.75 Å². The van der Waals surface area contributed by atoms with Crippen LogP contribution in [0.5, 0.6) is 5.75 Å². The molecular weight excluding hydrogens is 554 g/mol. The fourth-order valence-electron chi connectivity index (χ4n) is 5.00. The number of nitrogens with zero attached hydrogens (tertiary/aromatic N) is 4. The summed E-state index contributed by atoms with van der Waals surface area (Å²) in [5.41, 5.74) is 1.14. The van der Waals surface area contributed by atoms with Crippen molar-refractivity contribution in [2.75, 3.05) is 37.7 Å². The fraction of sp³-hybridized carbons (Fsp3) is 0.484. The van der Waals surface area contributed by atoms with Crippen LogP contribution in [0.1, 0.15) is 73.2 Å². The summed E-state index contributed by atoms with van der Waals surface area (Å²) in [4.78, 5) is 69.8. The van der Waals surface area contributed by atoms with Crippen molar-refractivity contribution in [3.05, 3.63) is 53.2 Å². The second-order valence-electron chi connectivity index (χ2n) is 11.7. The van der Waals surface area contributed by atoms with Gasteiger partial charge in [-0.1, -0.05) is 6.07 Å². The molecule has 12 nitrogen and oxygen atoms in total. The molecule has 0 bridgehead atoms. The summed E-state index contributed by atoms with van der Waals surface area (Å²) in [7, 11) is 0. The Bertz CT molecular complexity index is 1350. The normalized spacial score (nSPS) is 15.7. The molecule has 230 valence electrons. The summed E-state index contributed by atoms with van der Waals surface area (Å²) >= 11 is 0. The van der Waals surface area contributed by atoms with E-state index in [0.29, 0.717) is 50.5 Å². The van der Waals surface area contributed by atoms with Crippen molar-refractivity contribution >= 4 is 36.0 Å². The van der Waals surface area contributed by atoms with Crippen molar-refractivity contribution in [3.63, 3.8) is 0 Å². The van der Waals surface area contributed by atoms with Crippen LogP contribution in [0, 0.1) is 0 Å². The van der Waals surface area contributed by atoms with E-state index in [-0.39, 0.29) is 24.5 Å². The Morgan fingerprint density at radius 2 is 1.77 bits per heavy atom. The zero-order valence-corrected chi connectivity index (χ0v) is 25.1. The first-order valence-corrected chi connectivity index (χ1v) is 14.5. The van der Waals surface area contributed by atoms with E-state index >= 15 is 0 Å². The molecular formula is C31H39N5O7. The van der Waals surface area contributed by atoms with E-state index in [4.69, 9.17) is 9.47 Å². The number of fused-ring (bicyclic) bond motifs is 1. The first kappa shape index (κ1) is 31.5. The van der Waals surface area contributed by atoms with Gasteiger partial charge >= 0.3 is 6.09 Å². The molecule has 1 saturated heterocycles. The number of aromatic nitrogens is 1. The molecule has 0 saturated carbocycles. The Kier molecular flexibility index (Phi) is 9.99. The third kappa shape index (κ3) is 8.08. The second-order valence-corrected chi connectivity index (χ2v) is 11.7. The van der Waals surface area contributed by atoms with Gasteiger partial charge in [-0.25, -0.2) is 9.78 Å². The third-order valence-electron chi connectivity index (χ3n) is 7.28. The summed E-state index contributed by atoms with van der Waals surface area (Å²) in [5.74, 6) is 0.0745. The average molecular weight is 594 g/mol. The van der Waals surface area contributed by atoms with Crippen molar-refractivity contribution in [1.82, 2.24) is 20.1 Å². The number of anilines is 1. The van der Waals surface area contributed by atoms with E-state index in [0.717, 1.165) is 29.1 Å². The van der Waals surface area contributed by atoms with Crippen LogP contribution in [0.2, 0.25) is 0 Å². The van der Waals surface area contributed by atoms with E-state index in [1.165, 1.54) is 0 Å². The molecule has 3 heterocycles. The van der Waals surface area contributed by atoms with Crippen LogP contribution in [0.4, 0.5) is 10.6 Å². The summed E-state index contributed by atoms with van der Waals surface area (Å²) in [5, 5.41) is 2.05. The topological polar surface area (TPSA) is 138 Å². The van der Waals surface area contributed by atoms with Crippen LogP contribution in [-0.4, -0.2) is 89.4 Å². The standard InChI is InChI=1S/C31H39N5O7/c1-21(7-12-27(38)33-20-37)36-28(39)24-10-9-23(18-25(24)29(36)40)42-17-5-6-22-8-11-26(32-19-22)34-13-15-35(16-14-34)30(41)43-31(2,3)4/h8-11,18-21H,5-7,12-17H2,1-4H3,(H,33,37,38). The molecule has 1 aromatic carbocycles. The predicted octanol–water partition coefficient (Wildman–Crippen LogP) is 3.19. The number of ether oxygens (including phenoxy) is 2. The number of benzene rings is 1. The maximum absolute atomic E-state index is 13.0. The highest BCUT2D eigenvalue weighted by atomic mass is 16.6. The predicted molar refractivity (Wildman–Crippen MR) is 158 cm³/mol. The molecule has 1 N–H and O–H groups in total. The first-order chi connectivity index (χ1) is 20.5. The zero-order chi connectivity index (χ0) is 31.1. The van der Waals surface area contributed by atoms with Crippen LogP contribution in [-0.2, 0) is 20.7 Å². The van der Waals surface area contributed by atoms with Crippen LogP contribution in [0.25, 0.3) is 0 Å². The van der Waals surface area contributed by atoms with Gasteiger partial charge in [0.2, 0.25) is 12.3 Å². The summed E-state index contributed by atoms with van der Waals surface area (Å²) in [6, 6.07) is 8.38. The lowest BCUT2D eigenvalue weighted by atomic mass is 10.1. The highest BCUT2D eigenvalue weighted by Crippen LogP contribution is 2.29. The van der Waals surface area contributed by atoms with Gasteiger partial charge in [0, 0.05) is 44.8 Å². The van der Waals surface area contributed by atoms with E-state index in [1.807, 2.05) is 39.1 Å². The highest BCUT2D eigenvalue weighted by Gasteiger charge is 2.38. The molecule has 43 heavy (non-hydrogen) atoms. The lowest BCUT2D eigenvalue weighted by Gasteiger charge is -2.36. The van der Waals surface area contributed by atoms with Crippen molar-refractivity contribution in [2.24, 2.45) is 0 Å². The molecule has 0 spiro atoms. The van der Waals surface area contributed by atoms with Gasteiger partial charge in [0.15, 0.2) is 0 Å². The number of nitrogens with one attached hydrogen (secondary N) is 1. The Labute approximate surface area is 251 Å². The molecule has 2 aliphatic heterocycles. The number of amides is 5. The fourth-order valence-corrected chi connectivity index (χ4v) is 5.00. The number of imide groups is 2. The van der Waals surface area contributed by atoms with E-state index in [2.05, 4.69) is 15.2 Å². The smallest absolute Gasteiger partial charge is 0.410 e. The molecule has 1 fully saturated rings. The Hall–Kier alpha value is -4.48. The average Bonchev–Trinajstić information content (AvgIpc) is 3.22. The summed E-state index contributed by atoms with van der Waals surface area (Å²) in [6.07, 6.45) is 3.63. The van der Waals surface area contributed by atoms with Crippen molar-refractivity contribution in [1.29, 1.82) is 0 Å². The Morgan fingerprint density at radius 3 is 2.42 bits per heavy atom. The number of pyridine rings is 1. The molecule has 0 aliphatic carbocycles. The Balaban J connectivity index is 1.22. The lowest BCUT2D eigenvalue weighted by Crippen LogP contribution is -2.50. The molecule has 1 aromatic heterocycles. The SMILES string of the molecule is CC(CCC(=O)NC=O)N1C(=O)c2ccc(OCCCc3ccc(N4CCN(C(=O)OC(C)(C)C)CC4)nc3)cc2C1=O. The number of hydrogen-bond donors (Lipinski definition) is 1. The van der Waals surface area contributed by atoms with E-state index in [9.17, 15) is 24.0 Å². The van der Waals surface area contributed by atoms with Gasteiger partial charge < -0.3 is 19.3 Å². The minimum absolute atomic E-state index is 0.0206. The minimum atomic E-state index is -0.514. The third-order valence-corrected chi connectivity index (χ3v) is 7.28. The first-order valence-electron chi connectivity index (χ1n) is 14.5. The number of aryl methyl sites for hydroxylation is 1. The van der Waals surface area contributed by atoms with Crippen LogP contribution < -0.4 is 15.0 Å². The minimum Gasteiger partial charge on any atom is -0.494 e. The number of hydrogen-bond acceptors (Lipinski definition) is 9. The van der Waals surface area contributed by atoms with Gasteiger partial charge in [0.05, 0.1) is 17.7 Å². The monoisotopic (exact) mass is 593 g/mol.